The molecule has 3 heterocycles. The third kappa shape index (κ3) is 3.64. The largest absolute Gasteiger partial charge is 0.342 e. The molecular formula is C20H24ClN5O2. The van der Waals surface area contributed by atoms with Gasteiger partial charge in [0.05, 0.1) is 11.9 Å². The monoisotopic (exact) mass is 401 g/mol. The van der Waals surface area contributed by atoms with Crippen molar-refractivity contribution < 1.29 is 9.59 Å². The molecule has 2 aromatic rings. The molecule has 8 heteroatoms. The van der Waals surface area contributed by atoms with Crippen molar-refractivity contribution in [3.05, 3.63) is 47.2 Å². The molecule has 28 heavy (non-hydrogen) atoms. The number of hydrogen-bond donors (Lipinski definition) is 2. The van der Waals surface area contributed by atoms with Crippen LogP contribution in [0.5, 0.6) is 0 Å². The highest BCUT2D eigenvalue weighted by Crippen LogP contribution is 2.25. The normalized spacial score (nSPS) is 24.6. The van der Waals surface area contributed by atoms with Gasteiger partial charge in [0.2, 0.25) is 11.8 Å². The van der Waals surface area contributed by atoms with Crippen LogP contribution in [0.1, 0.15) is 25.8 Å². The highest BCUT2D eigenvalue weighted by molar-refractivity contribution is 6.30. The van der Waals surface area contributed by atoms with Gasteiger partial charge in [-0.3, -0.25) is 9.59 Å². The summed E-state index contributed by atoms with van der Waals surface area (Å²) in [6, 6.07) is 6.81. The lowest BCUT2D eigenvalue weighted by atomic mass is 9.98. The molecule has 2 amide bonds. The Labute approximate surface area is 169 Å². The number of nitrogens with one attached hydrogen (secondary N) is 2. The van der Waals surface area contributed by atoms with Crippen molar-refractivity contribution >= 4 is 23.4 Å². The summed E-state index contributed by atoms with van der Waals surface area (Å²) in [6.45, 7) is 5.08. The minimum atomic E-state index is -0.418. The van der Waals surface area contributed by atoms with Crippen molar-refractivity contribution in [2.45, 2.75) is 44.9 Å². The Bertz CT molecular complexity index is 896. The van der Waals surface area contributed by atoms with Crippen molar-refractivity contribution in [3.63, 3.8) is 0 Å². The van der Waals surface area contributed by atoms with Crippen LogP contribution in [0.4, 0.5) is 0 Å². The van der Waals surface area contributed by atoms with Gasteiger partial charge in [-0.1, -0.05) is 31.5 Å². The highest BCUT2D eigenvalue weighted by atomic mass is 35.5. The van der Waals surface area contributed by atoms with Crippen LogP contribution in [0.2, 0.25) is 5.02 Å². The van der Waals surface area contributed by atoms with Gasteiger partial charge in [0, 0.05) is 35.9 Å². The summed E-state index contributed by atoms with van der Waals surface area (Å²) in [4.78, 5) is 26.8. The zero-order valence-electron chi connectivity index (χ0n) is 15.9. The molecule has 2 N–H and O–H groups in total. The predicted molar refractivity (Wildman–Crippen MR) is 106 cm³/mol. The predicted octanol–water partition coefficient (Wildman–Crippen LogP) is 1.74. The number of nitrogens with zero attached hydrogens (tertiary/aromatic N) is 3. The molecule has 0 spiro atoms. The Morgan fingerprint density at radius 2 is 2.18 bits per heavy atom. The summed E-state index contributed by atoms with van der Waals surface area (Å²) >= 11 is 6.04. The number of rotatable bonds is 5. The second kappa shape index (κ2) is 7.56. The molecule has 2 fully saturated rings. The molecule has 2 aliphatic heterocycles. The van der Waals surface area contributed by atoms with Gasteiger partial charge in [-0.2, -0.15) is 5.10 Å². The Kier molecular flexibility index (Phi) is 5.12. The number of aromatic nitrogens is 2. The zero-order valence-corrected chi connectivity index (χ0v) is 16.7. The van der Waals surface area contributed by atoms with Gasteiger partial charge >= 0.3 is 0 Å². The summed E-state index contributed by atoms with van der Waals surface area (Å²) in [5.41, 5.74) is 1.93. The SMILES string of the molecule is CC(C)[C@@H]1NC(=O)[C@@H]2C[C@H](NCc3cnn(-c4cccc(Cl)c4)c3)CN2C1=O. The van der Waals surface area contributed by atoms with Gasteiger partial charge in [0.1, 0.15) is 12.1 Å². The molecule has 2 saturated heterocycles. The van der Waals surface area contributed by atoms with E-state index in [9.17, 15) is 9.59 Å². The topological polar surface area (TPSA) is 79.3 Å². The Balaban J connectivity index is 1.38. The van der Waals surface area contributed by atoms with Crippen LogP contribution < -0.4 is 10.6 Å². The van der Waals surface area contributed by atoms with Crippen LogP contribution in [0.3, 0.4) is 0 Å². The number of piperazine rings is 1. The van der Waals surface area contributed by atoms with Crippen LogP contribution in [-0.2, 0) is 16.1 Å². The van der Waals surface area contributed by atoms with E-state index in [0.29, 0.717) is 24.5 Å². The molecule has 4 rings (SSSR count). The molecule has 1 aromatic carbocycles. The van der Waals surface area contributed by atoms with Crippen LogP contribution in [0.25, 0.3) is 5.69 Å². The molecule has 2 aliphatic rings. The average Bonchev–Trinajstić information content (AvgIpc) is 3.30. The van der Waals surface area contributed by atoms with Crippen molar-refractivity contribution in [2.75, 3.05) is 6.54 Å². The molecule has 0 aliphatic carbocycles. The maximum atomic E-state index is 12.7. The molecule has 3 atom stereocenters. The first-order valence-electron chi connectivity index (χ1n) is 9.56. The van der Waals surface area contributed by atoms with Crippen LogP contribution in [-0.4, -0.2) is 51.2 Å². The summed E-state index contributed by atoms with van der Waals surface area (Å²) in [5.74, 6) is 0.0655. The lowest BCUT2D eigenvalue weighted by Crippen LogP contribution is -2.62. The van der Waals surface area contributed by atoms with E-state index in [1.807, 2.05) is 50.5 Å². The van der Waals surface area contributed by atoms with Gasteiger partial charge < -0.3 is 15.5 Å². The number of carbonyl (C=O) groups excluding carboxylic acids is 2. The van der Waals surface area contributed by atoms with Crippen LogP contribution in [0, 0.1) is 5.92 Å². The lowest BCUT2D eigenvalue weighted by Gasteiger charge is -2.36. The van der Waals surface area contributed by atoms with Crippen molar-refractivity contribution in [1.82, 2.24) is 25.3 Å². The molecule has 0 saturated carbocycles. The van der Waals surface area contributed by atoms with Gasteiger partial charge in [-0.05, 0) is 30.5 Å². The summed E-state index contributed by atoms with van der Waals surface area (Å²) in [5, 5.41) is 11.4. The maximum Gasteiger partial charge on any atom is 0.246 e. The first-order valence-corrected chi connectivity index (χ1v) is 9.94. The van der Waals surface area contributed by atoms with E-state index in [4.69, 9.17) is 11.6 Å². The van der Waals surface area contributed by atoms with Gasteiger partial charge in [0.25, 0.3) is 0 Å². The summed E-state index contributed by atoms with van der Waals surface area (Å²) in [7, 11) is 0. The Morgan fingerprint density at radius 1 is 1.36 bits per heavy atom. The zero-order chi connectivity index (χ0) is 19.8. The number of halogens is 1. The summed E-state index contributed by atoms with van der Waals surface area (Å²) in [6.07, 6.45) is 4.39. The lowest BCUT2D eigenvalue weighted by molar-refractivity contribution is -0.148. The first kappa shape index (κ1) is 19.0. The third-order valence-corrected chi connectivity index (χ3v) is 5.66. The molecule has 7 nitrogen and oxygen atoms in total. The second-order valence-corrected chi connectivity index (χ2v) is 8.26. The highest BCUT2D eigenvalue weighted by Gasteiger charge is 2.46. The maximum absolute atomic E-state index is 12.7. The Morgan fingerprint density at radius 3 is 2.93 bits per heavy atom. The molecule has 0 radical (unpaired) electrons. The number of hydrogen-bond acceptors (Lipinski definition) is 4. The van der Waals surface area contributed by atoms with E-state index in [1.165, 1.54) is 0 Å². The summed E-state index contributed by atoms with van der Waals surface area (Å²) < 4.78 is 1.78. The van der Waals surface area contributed by atoms with Crippen LogP contribution >= 0.6 is 11.6 Å². The van der Waals surface area contributed by atoms with E-state index in [2.05, 4.69) is 15.7 Å². The number of fused-ring (bicyclic) bond motifs is 1. The van der Waals surface area contributed by atoms with E-state index in [1.54, 1.807) is 9.58 Å². The van der Waals surface area contributed by atoms with E-state index in [0.717, 1.165) is 11.3 Å². The second-order valence-electron chi connectivity index (χ2n) is 7.82. The quantitative estimate of drug-likeness (QED) is 0.799. The molecule has 1 aromatic heterocycles. The van der Waals surface area contributed by atoms with Gasteiger partial charge in [0.15, 0.2) is 0 Å². The molecule has 0 bridgehead atoms. The fraction of sp³-hybridized carbons (Fsp3) is 0.450. The third-order valence-electron chi connectivity index (χ3n) is 5.42. The number of carbonyl (C=O) groups is 2. The molecular weight excluding hydrogens is 378 g/mol. The standard InChI is InChI=1S/C20H24ClN5O2/c1-12(2)18-20(28)25-11-15(7-17(25)19(27)24-18)22-8-13-9-23-26(10-13)16-5-3-4-14(21)6-16/h3-6,9-10,12,15,17-18,22H,7-8,11H2,1-2H3,(H,24,27)/t15-,17-,18-/m0/s1. The first-order chi connectivity index (χ1) is 13.4. The van der Waals surface area contributed by atoms with Crippen molar-refractivity contribution in [3.8, 4) is 5.69 Å². The van der Waals surface area contributed by atoms with E-state index >= 15 is 0 Å². The van der Waals surface area contributed by atoms with Gasteiger partial charge in [-0.15, -0.1) is 0 Å². The number of amides is 2. The van der Waals surface area contributed by atoms with Crippen molar-refractivity contribution in [2.24, 2.45) is 5.92 Å². The van der Waals surface area contributed by atoms with Gasteiger partial charge in [-0.25, -0.2) is 4.68 Å². The van der Waals surface area contributed by atoms with E-state index in [-0.39, 0.29) is 29.8 Å². The minimum absolute atomic E-state index is 0.0256. The average molecular weight is 402 g/mol. The van der Waals surface area contributed by atoms with E-state index < -0.39 is 6.04 Å². The molecule has 0 unspecified atom stereocenters. The fourth-order valence-electron chi connectivity index (χ4n) is 3.89. The smallest absolute Gasteiger partial charge is 0.246 e. The van der Waals surface area contributed by atoms with Crippen LogP contribution in [0.15, 0.2) is 36.7 Å². The van der Waals surface area contributed by atoms with Crippen molar-refractivity contribution in [1.29, 1.82) is 0 Å². The number of benzene rings is 1. The minimum Gasteiger partial charge on any atom is -0.342 e. The Hall–Kier alpha value is -2.38. The molecule has 148 valence electrons. The fourth-order valence-corrected chi connectivity index (χ4v) is 4.08.